The molecule has 4 unspecified atom stereocenters. The summed E-state index contributed by atoms with van der Waals surface area (Å²) in [5, 5.41) is 8.96. The zero-order chi connectivity index (χ0) is 47.7. The van der Waals surface area contributed by atoms with Crippen molar-refractivity contribution in [2.24, 2.45) is 14.3 Å². The van der Waals surface area contributed by atoms with Crippen molar-refractivity contribution in [3.8, 4) is 0 Å². The second-order valence-electron chi connectivity index (χ2n) is 17.3. The molecule has 3 N–H and O–H groups in total. The Labute approximate surface area is 388 Å². The van der Waals surface area contributed by atoms with Gasteiger partial charge in [-0.25, -0.2) is 32.3 Å². The highest BCUT2D eigenvalue weighted by atomic mass is 31.2. The standard InChI is InChI=1S/C36H72N12O14P4/c1-40-11-12-41(2)34(40)37-63(50,51)46-17-22-56-31(25-46)28-60-64(52,38-35-42(3)13-14-43(35)4)47-18-23-57-32(26-47)29-61-65(53,39-36-44(5)15-16-45(36)6)48-19-24-58-33(27-48)30-62-66(54,55)59-21-10-8-7-9-20-49/h31-33,49H,7-30H2,1-6H3,(H,50,51)(H,54,55)/t31-,32-,33-,64?,65?/m0/s1. The van der Waals surface area contributed by atoms with Crippen LogP contribution < -0.4 is 0 Å². The van der Waals surface area contributed by atoms with Crippen molar-refractivity contribution in [3.05, 3.63) is 0 Å². The largest absolute Gasteiger partial charge is 0.472 e. The quantitative estimate of drug-likeness (QED) is 0.100. The first-order valence-electron chi connectivity index (χ1n) is 22.5. The predicted octanol–water partition coefficient (Wildman–Crippen LogP) is 0.825. The number of hydrogen-bond acceptors (Lipinski definition) is 12. The summed E-state index contributed by atoms with van der Waals surface area (Å²) >= 11 is 0. The third-order valence-corrected chi connectivity index (χ3v) is 18.5. The van der Waals surface area contributed by atoms with Gasteiger partial charge >= 0.3 is 30.8 Å². The molecule has 30 heteroatoms. The molecule has 0 aliphatic carbocycles. The van der Waals surface area contributed by atoms with Crippen molar-refractivity contribution in [2.75, 3.05) is 174 Å². The lowest BCUT2D eigenvalue weighted by Crippen LogP contribution is -2.45. The van der Waals surface area contributed by atoms with Crippen molar-refractivity contribution in [1.82, 2.24) is 43.4 Å². The molecule has 6 fully saturated rings. The summed E-state index contributed by atoms with van der Waals surface area (Å²) in [6.45, 7) is 4.25. The van der Waals surface area contributed by atoms with Gasteiger partial charge in [0.25, 0.3) is 0 Å². The first kappa shape index (κ1) is 53.6. The molecule has 0 bridgehead atoms. The fourth-order valence-corrected chi connectivity index (χ4v) is 14.1. The molecular weight excluding hydrogens is 948 g/mol. The van der Waals surface area contributed by atoms with Gasteiger partial charge in [0, 0.05) is 127 Å². The van der Waals surface area contributed by atoms with Crippen LogP contribution in [0.4, 0.5) is 0 Å². The predicted molar refractivity (Wildman–Crippen MR) is 246 cm³/mol. The molecule has 0 amide bonds. The van der Waals surface area contributed by atoms with E-state index >= 15 is 9.13 Å². The van der Waals surface area contributed by atoms with Gasteiger partial charge in [-0.3, -0.25) is 18.1 Å². The number of phosphoric acid groups is 1. The number of nitrogens with zero attached hydrogens (tertiary/aromatic N) is 12. The summed E-state index contributed by atoms with van der Waals surface area (Å²) in [5.74, 6) is 1.36. The summed E-state index contributed by atoms with van der Waals surface area (Å²) in [5.41, 5.74) is 0. The third kappa shape index (κ3) is 14.4. The van der Waals surface area contributed by atoms with E-state index in [4.69, 9.17) is 46.9 Å². The topological polar surface area (TPSA) is 260 Å². The number of hydrogen-bond donors (Lipinski definition) is 3. The van der Waals surface area contributed by atoms with Gasteiger partial charge in [-0.15, -0.1) is 0 Å². The van der Waals surface area contributed by atoms with Gasteiger partial charge in [0.2, 0.25) is 17.9 Å². The van der Waals surface area contributed by atoms with Crippen molar-refractivity contribution in [3.63, 3.8) is 0 Å². The Bertz CT molecular complexity index is 1870. The Morgan fingerprint density at radius 1 is 0.500 bits per heavy atom. The van der Waals surface area contributed by atoms with E-state index in [2.05, 4.69) is 4.76 Å². The number of guanidine groups is 3. The number of likely N-dealkylation sites (N-methyl/N-ethyl adjacent to an activating group) is 6. The number of rotatable bonds is 22. The van der Waals surface area contributed by atoms with Crippen LogP contribution in [0.3, 0.4) is 0 Å². The number of morpholine rings is 3. The van der Waals surface area contributed by atoms with Crippen LogP contribution in [0, 0.1) is 0 Å². The maximum absolute atomic E-state index is 15.2. The summed E-state index contributed by atoms with van der Waals surface area (Å²) in [6.07, 6.45) is 0.424. The molecule has 0 saturated carbocycles. The minimum atomic E-state index is -4.41. The van der Waals surface area contributed by atoms with E-state index in [9.17, 15) is 18.9 Å². The molecule has 66 heavy (non-hydrogen) atoms. The van der Waals surface area contributed by atoms with E-state index in [1.165, 1.54) is 4.67 Å². The van der Waals surface area contributed by atoms with Gasteiger partial charge < -0.3 is 58.5 Å². The molecule has 7 atom stereocenters. The van der Waals surface area contributed by atoms with Crippen LogP contribution >= 0.6 is 30.8 Å². The Morgan fingerprint density at radius 2 is 0.864 bits per heavy atom. The van der Waals surface area contributed by atoms with E-state index in [-0.39, 0.29) is 92.1 Å². The van der Waals surface area contributed by atoms with Crippen LogP contribution in [0.2, 0.25) is 0 Å². The highest BCUT2D eigenvalue weighted by Gasteiger charge is 2.44. The highest BCUT2D eigenvalue weighted by molar-refractivity contribution is 7.55. The Morgan fingerprint density at radius 3 is 1.29 bits per heavy atom. The smallest absolute Gasteiger partial charge is 0.396 e. The van der Waals surface area contributed by atoms with Crippen LogP contribution in [0.1, 0.15) is 25.7 Å². The zero-order valence-corrected chi connectivity index (χ0v) is 42.8. The van der Waals surface area contributed by atoms with E-state index < -0.39 is 49.1 Å². The van der Waals surface area contributed by atoms with Crippen LogP contribution in [0.25, 0.3) is 0 Å². The lowest BCUT2D eigenvalue weighted by atomic mass is 10.2. The summed E-state index contributed by atoms with van der Waals surface area (Å²) < 4.78 is 116. The molecule has 26 nitrogen and oxygen atoms in total. The van der Waals surface area contributed by atoms with Crippen LogP contribution in [0.5, 0.6) is 0 Å². The minimum Gasteiger partial charge on any atom is -0.396 e. The Balaban J connectivity index is 1.13. The molecule has 0 radical (unpaired) electrons. The SMILES string of the molecule is CN1CCN(C)C1=NP(=O)(O)N1CCO[C@H](COP(=O)(N=C2N(C)CCN2C)N2CCO[C@H](COP(=O)(N=C3N(C)CCN3C)N3CCO[C@H](COP(=O)(O)OCCCCCCO)C3)C2)C1. The molecule has 0 spiro atoms. The van der Waals surface area contributed by atoms with Gasteiger partial charge in [-0.2, -0.15) is 14.3 Å². The van der Waals surface area contributed by atoms with E-state index in [1.54, 1.807) is 9.34 Å². The van der Waals surface area contributed by atoms with Crippen LogP contribution in [-0.4, -0.2) is 268 Å². The maximum atomic E-state index is 15.2. The second kappa shape index (κ2) is 23.9. The highest BCUT2D eigenvalue weighted by Crippen LogP contribution is 2.57. The molecule has 6 saturated heterocycles. The molecule has 0 aromatic carbocycles. The minimum absolute atomic E-state index is 0.00409. The van der Waals surface area contributed by atoms with Crippen LogP contribution in [-0.2, 0) is 50.6 Å². The number of unbranched alkanes of at least 4 members (excludes halogenated alkanes) is 3. The first-order valence-corrected chi connectivity index (χ1v) is 28.7. The van der Waals surface area contributed by atoms with Gasteiger partial charge in [0.1, 0.15) is 0 Å². The monoisotopic (exact) mass is 1020 g/mol. The normalized spacial score (nSPS) is 27.9. The van der Waals surface area contributed by atoms with E-state index in [0.29, 0.717) is 70.0 Å². The lowest BCUT2D eigenvalue weighted by Gasteiger charge is -2.38. The molecule has 6 aliphatic heterocycles. The van der Waals surface area contributed by atoms with Crippen molar-refractivity contribution in [1.29, 1.82) is 0 Å². The average molecular weight is 1020 g/mol. The fraction of sp³-hybridized carbons (Fsp3) is 0.917. The molecule has 0 aromatic rings. The molecule has 6 heterocycles. The van der Waals surface area contributed by atoms with Crippen molar-refractivity contribution in [2.45, 2.75) is 44.0 Å². The summed E-state index contributed by atoms with van der Waals surface area (Å²) in [7, 11) is -5.72. The fourth-order valence-electron chi connectivity index (χ4n) is 8.02. The summed E-state index contributed by atoms with van der Waals surface area (Å²) in [4.78, 5) is 32.6. The summed E-state index contributed by atoms with van der Waals surface area (Å²) in [6, 6.07) is 0. The maximum Gasteiger partial charge on any atom is 0.472 e. The van der Waals surface area contributed by atoms with Gasteiger partial charge in [-0.1, -0.05) is 12.8 Å². The lowest BCUT2D eigenvalue weighted by molar-refractivity contribution is -0.0465. The number of aliphatic hydroxyl groups is 1. The van der Waals surface area contributed by atoms with E-state index in [1.807, 2.05) is 71.7 Å². The average Bonchev–Trinajstić information content (AvgIpc) is 3.91. The molecule has 380 valence electrons. The molecule has 6 aliphatic rings. The Kier molecular flexibility index (Phi) is 19.4. The third-order valence-electron chi connectivity index (χ3n) is 12.0. The number of ether oxygens (including phenoxy) is 3. The van der Waals surface area contributed by atoms with Gasteiger partial charge in [0.15, 0.2) is 0 Å². The Hall–Kier alpha value is -1.79. The zero-order valence-electron chi connectivity index (χ0n) is 39.2. The van der Waals surface area contributed by atoms with Gasteiger partial charge in [-0.05, 0) is 12.8 Å². The van der Waals surface area contributed by atoms with Crippen LogP contribution in [0.15, 0.2) is 14.3 Å². The molecule has 0 aromatic heterocycles. The van der Waals surface area contributed by atoms with Crippen molar-refractivity contribution >= 4 is 48.7 Å². The van der Waals surface area contributed by atoms with E-state index in [0.717, 1.165) is 12.8 Å². The second-order valence-corrected chi connectivity index (χ2v) is 24.5. The molecule has 6 rings (SSSR count). The molecular formula is C36H72N12O14P4. The van der Waals surface area contributed by atoms with Gasteiger partial charge in [0.05, 0.1) is 64.6 Å². The number of phosphoric ester groups is 1. The van der Waals surface area contributed by atoms with Crippen molar-refractivity contribution < 1.29 is 65.5 Å². The number of aliphatic hydroxyl groups excluding tert-OH is 1. The first-order chi connectivity index (χ1) is 31.3.